The smallest absolute Gasteiger partial charge is 0.161 e. The lowest BCUT2D eigenvalue weighted by Gasteiger charge is -2.34. The molecule has 18 heavy (non-hydrogen) atoms. The van der Waals surface area contributed by atoms with Crippen LogP contribution >= 0.6 is 0 Å². The quantitative estimate of drug-likeness (QED) is 0.650. The van der Waals surface area contributed by atoms with Crippen molar-refractivity contribution in [3.05, 3.63) is 11.1 Å². The van der Waals surface area contributed by atoms with Gasteiger partial charge in [-0.2, -0.15) is 0 Å². The zero-order valence-corrected chi connectivity index (χ0v) is 11.8. The van der Waals surface area contributed by atoms with Crippen molar-refractivity contribution in [2.24, 2.45) is 11.8 Å². The maximum Gasteiger partial charge on any atom is 0.161 e. The number of hydrogen-bond acceptors (Lipinski definition) is 3. The molecular formula is C15H24O3. The summed E-state index contributed by atoms with van der Waals surface area (Å²) in [6.07, 6.45) is 2.30. The highest BCUT2D eigenvalue weighted by atomic mass is 16.3. The lowest BCUT2D eigenvalue weighted by molar-refractivity contribution is -0.121. The number of Topliss-reactive ketones (excluding diaryl/α,β-unsaturated/α-hetero) is 1. The molecule has 0 amide bonds. The molecule has 0 saturated heterocycles. The first kappa shape index (κ1) is 13.8. The molecular weight excluding hydrogens is 228 g/mol. The van der Waals surface area contributed by atoms with Crippen LogP contribution in [0.15, 0.2) is 11.1 Å². The third kappa shape index (κ3) is 2.14. The summed E-state index contributed by atoms with van der Waals surface area (Å²) in [6, 6.07) is 0. The predicted molar refractivity (Wildman–Crippen MR) is 70.1 cm³/mol. The van der Waals surface area contributed by atoms with E-state index in [0.717, 1.165) is 17.6 Å². The van der Waals surface area contributed by atoms with E-state index in [-0.39, 0.29) is 24.0 Å². The molecule has 2 fully saturated rings. The summed E-state index contributed by atoms with van der Waals surface area (Å²) >= 11 is 0. The molecule has 2 N–H and O–H groups in total. The van der Waals surface area contributed by atoms with Crippen LogP contribution in [0.5, 0.6) is 0 Å². The van der Waals surface area contributed by atoms with Crippen LogP contribution in [0.1, 0.15) is 53.4 Å². The van der Waals surface area contributed by atoms with E-state index < -0.39 is 11.2 Å². The minimum atomic E-state index is -0.987. The fourth-order valence-electron chi connectivity index (χ4n) is 3.75. The molecule has 3 nitrogen and oxygen atoms in total. The fourth-order valence-corrected chi connectivity index (χ4v) is 3.75. The average Bonchev–Trinajstić information content (AvgIpc) is 2.43. The molecule has 0 heterocycles. The molecule has 2 saturated carbocycles. The monoisotopic (exact) mass is 252 g/mol. The molecule has 0 bridgehead atoms. The van der Waals surface area contributed by atoms with Crippen LogP contribution in [0.3, 0.4) is 0 Å². The van der Waals surface area contributed by atoms with Gasteiger partial charge >= 0.3 is 0 Å². The van der Waals surface area contributed by atoms with Crippen LogP contribution < -0.4 is 0 Å². The molecule has 0 aromatic carbocycles. The SMILES string of the molecule is CC(C)=C1C[C@H]2[C@@H](CC[C@@]2(C)O)[C@](C)(O)CC1=O. The maximum absolute atomic E-state index is 12.2. The van der Waals surface area contributed by atoms with Gasteiger partial charge in [0.1, 0.15) is 0 Å². The molecule has 0 spiro atoms. The van der Waals surface area contributed by atoms with E-state index in [1.807, 2.05) is 20.8 Å². The Balaban J connectivity index is 2.45. The molecule has 0 aliphatic heterocycles. The van der Waals surface area contributed by atoms with Gasteiger partial charge in [-0.25, -0.2) is 0 Å². The van der Waals surface area contributed by atoms with E-state index in [0.29, 0.717) is 12.8 Å². The van der Waals surface area contributed by atoms with Gasteiger partial charge in [-0.3, -0.25) is 4.79 Å². The molecule has 2 aliphatic carbocycles. The summed E-state index contributed by atoms with van der Waals surface area (Å²) in [5, 5.41) is 21.1. The van der Waals surface area contributed by atoms with Gasteiger partial charge in [-0.1, -0.05) is 5.57 Å². The summed E-state index contributed by atoms with van der Waals surface area (Å²) < 4.78 is 0. The Morgan fingerprint density at radius 1 is 1.17 bits per heavy atom. The number of aliphatic hydroxyl groups is 2. The Bertz CT molecular complexity index is 400. The molecule has 102 valence electrons. The van der Waals surface area contributed by atoms with Crippen molar-refractivity contribution >= 4 is 5.78 Å². The number of rotatable bonds is 0. The minimum Gasteiger partial charge on any atom is -0.390 e. The molecule has 2 aliphatic rings. The Morgan fingerprint density at radius 3 is 2.33 bits per heavy atom. The second kappa shape index (κ2) is 4.17. The van der Waals surface area contributed by atoms with E-state index in [4.69, 9.17) is 0 Å². The number of hydrogen-bond donors (Lipinski definition) is 2. The zero-order valence-electron chi connectivity index (χ0n) is 11.8. The van der Waals surface area contributed by atoms with Crippen molar-refractivity contribution in [2.45, 2.75) is 64.6 Å². The summed E-state index contributed by atoms with van der Waals surface area (Å²) in [5.74, 6) is 0.0577. The van der Waals surface area contributed by atoms with Crippen LogP contribution in [-0.2, 0) is 4.79 Å². The van der Waals surface area contributed by atoms with Crippen molar-refractivity contribution in [1.29, 1.82) is 0 Å². The molecule has 2 rings (SSSR count). The topological polar surface area (TPSA) is 57.5 Å². The Morgan fingerprint density at radius 2 is 1.78 bits per heavy atom. The van der Waals surface area contributed by atoms with Crippen molar-refractivity contribution < 1.29 is 15.0 Å². The molecule has 3 heteroatoms. The third-order valence-electron chi connectivity index (χ3n) is 4.93. The number of carbonyl (C=O) groups is 1. The van der Waals surface area contributed by atoms with Gasteiger partial charge in [-0.05, 0) is 64.4 Å². The highest BCUT2D eigenvalue weighted by Crippen LogP contribution is 2.51. The van der Waals surface area contributed by atoms with Crippen molar-refractivity contribution in [3.63, 3.8) is 0 Å². The van der Waals surface area contributed by atoms with Gasteiger partial charge in [0.2, 0.25) is 0 Å². The van der Waals surface area contributed by atoms with Crippen LogP contribution in [0.2, 0.25) is 0 Å². The van der Waals surface area contributed by atoms with E-state index in [9.17, 15) is 15.0 Å². The predicted octanol–water partition coefficient (Wildman–Crippen LogP) is 2.21. The van der Waals surface area contributed by atoms with E-state index in [2.05, 4.69) is 0 Å². The van der Waals surface area contributed by atoms with Gasteiger partial charge in [-0.15, -0.1) is 0 Å². The summed E-state index contributed by atoms with van der Waals surface area (Å²) in [7, 11) is 0. The van der Waals surface area contributed by atoms with E-state index >= 15 is 0 Å². The van der Waals surface area contributed by atoms with Crippen molar-refractivity contribution in [1.82, 2.24) is 0 Å². The fraction of sp³-hybridized carbons (Fsp3) is 0.800. The standard InChI is InChI=1S/C15H24O3/c1-9(2)10-7-12-11(5-6-14(12,3)17)15(4,18)8-13(10)16/h11-12,17-18H,5-8H2,1-4H3/t11-,12+,14-,15-/m1/s1. The molecule has 4 atom stereocenters. The highest BCUT2D eigenvalue weighted by Gasteiger charge is 2.53. The summed E-state index contributed by atoms with van der Waals surface area (Å²) in [5.41, 5.74) is 0.0727. The summed E-state index contributed by atoms with van der Waals surface area (Å²) in [6.45, 7) is 7.46. The lowest BCUT2D eigenvalue weighted by atomic mass is 9.76. The second-order valence-corrected chi connectivity index (χ2v) is 6.75. The van der Waals surface area contributed by atoms with Gasteiger partial charge in [0.25, 0.3) is 0 Å². The first-order valence-electron chi connectivity index (χ1n) is 6.79. The molecule has 0 aromatic rings. The second-order valence-electron chi connectivity index (χ2n) is 6.75. The number of allylic oxidation sites excluding steroid dienone is 2. The van der Waals surface area contributed by atoms with Gasteiger partial charge < -0.3 is 10.2 Å². The first-order chi connectivity index (χ1) is 8.15. The van der Waals surface area contributed by atoms with Gasteiger partial charge in [0.15, 0.2) is 5.78 Å². The lowest BCUT2D eigenvalue weighted by Crippen LogP contribution is -2.41. The number of fused-ring (bicyclic) bond motifs is 1. The van der Waals surface area contributed by atoms with Crippen LogP contribution in [0.25, 0.3) is 0 Å². The van der Waals surface area contributed by atoms with Crippen LogP contribution in [-0.4, -0.2) is 27.2 Å². The molecule has 0 unspecified atom stereocenters. The number of carbonyl (C=O) groups excluding carboxylic acids is 1. The van der Waals surface area contributed by atoms with Crippen LogP contribution in [0.4, 0.5) is 0 Å². The van der Waals surface area contributed by atoms with Crippen LogP contribution in [0, 0.1) is 11.8 Å². The largest absolute Gasteiger partial charge is 0.390 e. The van der Waals surface area contributed by atoms with E-state index in [1.165, 1.54) is 0 Å². The number of ketones is 1. The Hall–Kier alpha value is -0.670. The highest BCUT2D eigenvalue weighted by molar-refractivity contribution is 5.97. The average molecular weight is 252 g/mol. The summed E-state index contributed by atoms with van der Waals surface area (Å²) in [4.78, 5) is 12.2. The normalized spacial score (nSPS) is 44.8. The van der Waals surface area contributed by atoms with Gasteiger partial charge in [0, 0.05) is 6.42 Å². The molecule has 0 radical (unpaired) electrons. The first-order valence-corrected chi connectivity index (χ1v) is 6.79. The maximum atomic E-state index is 12.2. The molecule has 0 aromatic heterocycles. The third-order valence-corrected chi connectivity index (χ3v) is 4.93. The minimum absolute atomic E-state index is 0.0103. The Labute approximate surface area is 109 Å². The van der Waals surface area contributed by atoms with Gasteiger partial charge in [0.05, 0.1) is 11.2 Å². The Kier molecular flexibility index (Phi) is 3.19. The van der Waals surface area contributed by atoms with Crippen molar-refractivity contribution in [3.8, 4) is 0 Å². The van der Waals surface area contributed by atoms with E-state index in [1.54, 1.807) is 6.92 Å². The van der Waals surface area contributed by atoms with Crippen molar-refractivity contribution in [2.75, 3.05) is 0 Å². The zero-order chi connectivity index (χ0) is 13.7.